The fourth-order valence-corrected chi connectivity index (χ4v) is 4.08. The van der Waals surface area contributed by atoms with Crippen LogP contribution < -0.4 is 5.32 Å². The zero-order valence-electron chi connectivity index (χ0n) is 17.2. The van der Waals surface area contributed by atoms with Crippen LogP contribution in [0.4, 0.5) is 0 Å². The standard InChI is InChI=1S/C20H23N3O4.C2H4O2/c24-16-2-1-12-4-6-23(11-15(12)7-16)20(27)14-8-17(18(25)9-14)22-19(26)13-3-5-21-10-13;1-2(3)4/h1-3,5,7,10,14,17-18,21,24-25H,4,6,8-9,11H2,(H,22,26);1H3,(H,3,4)/t14-,17+,18+;/m0./s1. The Balaban J connectivity index is 0.000000628. The normalized spacial score (nSPS) is 22.1. The van der Waals surface area contributed by atoms with Gasteiger partial charge >= 0.3 is 0 Å². The predicted molar refractivity (Wildman–Crippen MR) is 111 cm³/mol. The van der Waals surface area contributed by atoms with Gasteiger partial charge in [0.15, 0.2) is 0 Å². The van der Waals surface area contributed by atoms with Crippen LogP contribution in [-0.4, -0.2) is 61.7 Å². The lowest BCUT2D eigenvalue weighted by Gasteiger charge is -2.31. The highest BCUT2D eigenvalue weighted by Crippen LogP contribution is 2.31. The average Bonchev–Trinajstić information content (AvgIpc) is 3.37. The number of aliphatic hydroxyl groups is 1. The van der Waals surface area contributed by atoms with Gasteiger partial charge in [-0.1, -0.05) is 6.07 Å². The second kappa shape index (κ2) is 9.65. The van der Waals surface area contributed by atoms with E-state index in [2.05, 4.69) is 10.3 Å². The molecule has 2 amide bonds. The fourth-order valence-electron chi connectivity index (χ4n) is 4.08. The van der Waals surface area contributed by atoms with Gasteiger partial charge in [0.25, 0.3) is 11.9 Å². The van der Waals surface area contributed by atoms with Crippen molar-refractivity contribution in [2.75, 3.05) is 6.54 Å². The number of phenolic OH excluding ortho intramolecular Hbond substituents is 1. The second-order valence-electron chi connectivity index (χ2n) is 7.90. The Bertz CT molecular complexity index is 939. The van der Waals surface area contributed by atoms with Gasteiger partial charge in [0.1, 0.15) is 5.75 Å². The number of aliphatic hydroxyl groups excluding tert-OH is 1. The van der Waals surface area contributed by atoms with E-state index in [4.69, 9.17) is 9.90 Å². The minimum absolute atomic E-state index is 0.00133. The molecule has 9 nitrogen and oxygen atoms in total. The number of carboxylic acids is 1. The van der Waals surface area contributed by atoms with Crippen molar-refractivity contribution in [1.29, 1.82) is 0 Å². The molecule has 2 aromatic rings. The smallest absolute Gasteiger partial charge is 0.300 e. The first kappa shape index (κ1) is 22.4. The van der Waals surface area contributed by atoms with E-state index in [0.717, 1.165) is 24.5 Å². The van der Waals surface area contributed by atoms with E-state index in [-0.39, 0.29) is 23.5 Å². The zero-order valence-corrected chi connectivity index (χ0v) is 17.2. The number of fused-ring (bicyclic) bond motifs is 1. The Morgan fingerprint density at radius 1 is 1.16 bits per heavy atom. The number of carboxylic acid groups (broad SMARTS) is 1. The van der Waals surface area contributed by atoms with Crippen molar-refractivity contribution in [3.05, 3.63) is 53.3 Å². The molecule has 0 bridgehead atoms. The van der Waals surface area contributed by atoms with Crippen LogP contribution in [0.15, 0.2) is 36.7 Å². The molecule has 5 N–H and O–H groups in total. The lowest BCUT2D eigenvalue weighted by Crippen LogP contribution is -2.41. The van der Waals surface area contributed by atoms with Crippen LogP contribution in [0.1, 0.15) is 41.3 Å². The minimum Gasteiger partial charge on any atom is -0.508 e. The molecule has 4 rings (SSSR count). The summed E-state index contributed by atoms with van der Waals surface area (Å²) in [6, 6.07) is 6.51. The Kier molecular flexibility index (Phi) is 6.96. The number of rotatable bonds is 3. The largest absolute Gasteiger partial charge is 0.508 e. The third kappa shape index (κ3) is 5.64. The van der Waals surface area contributed by atoms with Gasteiger partial charge in [-0.15, -0.1) is 0 Å². The van der Waals surface area contributed by atoms with Gasteiger partial charge in [-0.05, 0) is 48.6 Å². The van der Waals surface area contributed by atoms with Gasteiger partial charge in [-0.2, -0.15) is 0 Å². The lowest BCUT2D eigenvalue weighted by atomic mass is 9.97. The van der Waals surface area contributed by atoms with Gasteiger partial charge in [0.2, 0.25) is 5.91 Å². The maximum atomic E-state index is 12.9. The number of phenols is 1. The molecule has 1 aliphatic heterocycles. The molecule has 3 atom stereocenters. The Labute approximate surface area is 179 Å². The van der Waals surface area contributed by atoms with E-state index >= 15 is 0 Å². The van der Waals surface area contributed by atoms with Crippen molar-refractivity contribution in [2.24, 2.45) is 5.92 Å². The molecule has 1 aromatic carbocycles. The highest BCUT2D eigenvalue weighted by molar-refractivity contribution is 5.94. The number of H-pyrrole nitrogens is 1. The molecule has 2 aliphatic rings. The number of aromatic amines is 1. The number of carbonyl (C=O) groups excluding carboxylic acids is 2. The third-order valence-electron chi connectivity index (χ3n) is 5.57. The van der Waals surface area contributed by atoms with E-state index in [9.17, 15) is 19.8 Å². The van der Waals surface area contributed by atoms with Gasteiger partial charge < -0.3 is 30.5 Å². The van der Waals surface area contributed by atoms with Crippen molar-refractivity contribution in [2.45, 2.75) is 44.9 Å². The van der Waals surface area contributed by atoms with E-state index in [1.807, 2.05) is 6.07 Å². The Morgan fingerprint density at radius 3 is 2.58 bits per heavy atom. The summed E-state index contributed by atoms with van der Waals surface area (Å²) in [5.74, 6) is -1.19. The lowest BCUT2D eigenvalue weighted by molar-refractivity contribution is -0.136. The number of carbonyl (C=O) groups is 3. The maximum absolute atomic E-state index is 12.9. The first-order valence-electron chi connectivity index (χ1n) is 10.2. The zero-order chi connectivity index (χ0) is 22.5. The quantitative estimate of drug-likeness (QED) is 0.497. The fraction of sp³-hybridized carbons (Fsp3) is 0.409. The topological polar surface area (TPSA) is 143 Å². The number of aliphatic carboxylic acids is 1. The number of aromatic hydroxyl groups is 1. The van der Waals surface area contributed by atoms with Crippen molar-refractivity contribution >= 4 is 17.8 Å². The van der Waals surface area contributed by atoms with Crippen LogP contribution in [0.2, 0.25) is 0 Å². The summed E-state index contributed by atoms with van der Waals surface area (Å²) < 4.78 is 0. The van der Waals surface area contributed by atoms with Gasteiger partial charge in [-0.3, -0.25) is 14.4 Å². The summed E-state index contributed by atoms with van der Waals surface area (Å²) in [5.41, 5.74) is 2.62. The number of hydrogen-bond acceptors (Lipinski definition) is 5. The maximum Gasteiger partial charge on any atom is 0.300 e. The highest BCUT2D eigenvalue weighted by Gasteiger charge is 2.40. The van der Waals surface area contributed by atoms with Crippen LogP contribution in [0.25, 0.3) is 0 Å². The van der Waals surface area contributed by atoms with Crippen molar-refractivity contribution in [3.63, 3.8) is 0 Å². The SMILES string of the molecule is CC(=O)O.O=C(N[C@@H]1C[C@H](C(=O)N2CCc3ccc(O)cc3C2)C[C@H]1O)c1cc[nH]c1. The molecule has 0 saturated heterocycles. The van der Waals surface area contributed by atoms with Gasteiger partial charge in [-0.25, -0.2) is 0 Å². The molecule has 31 heavy (non-hydrogen) atoms. The first-order valence-corrected chi connectivity index (χ1v) is 10.2. The minimum atomic E-state index is -0.833. The summed E-state index contributed by atoms with van der Waals surface area (Å²) in [7, 11) is 0. The molecule has 0 spiro atoms. The molecule has 1 fully saturated rings. The molecule has 2 heterocycles. The molecular formula is C22H27N3O6. The Morgan fingerprint density at radius 2 is 1.90 bits per heavy atom. The third-order valence-corrected chi connectivity index (χ3v) is 5.57. The van der Waals surface area contributed by atoms with Crippen molar-refractivity contribution < 1.29 is 29.7 Å². The molecule has 0 radical (unpaired) electrons. The van der Waals surface area contributed by atoms with Crippen LogP contribution in [0, 0.1) is 5.92 Å². The van der Waals surface area contributed by atoms with E-state index in [1.54, 1.807) is 35.5 Å². The van der Waals surface area contributed by atoms with Crippen molar-refractivity contribution in [1.82, 2.24) is 15.2 Å². The van der Waals surface area contributed by atoms with Crippen molar-refractivity contribution in [3.8, 4) is 5.75 Å². The monoisotopic (exact) mass is 429 g/mol. The van der Waals surface area contributed by atoms with E-state index in [1.165, 1.54) is 0 Å². The number of nitrogens with zero attached hydrogens (tertiary/aromatic N) is 1. The first-order chi connectivity index (χ1) is 14.7. The number of hydrogen-bond donors (Lipinski definition) is 5. The molecule has 1 aromatic heterocycles. The molecule has 1 saturated carbocycles. The van der Waals surface area contributed by atoms with Gasteiger partial charge in [0, 0.05) is 38.3 Å². The van der Waals surface area contributed by atoms with Crippen LogP contribution >= 0.6 is 0 Å². The van der Waals surface area contributed by atoms with Crippen LogP contribution in [0.3, 0.4) is 0 Å². The highest BCUT2D eigenvalue weighted by atomic mass is 16.4. The number of benzene rings is 1. The predicted octanol–water partition coefficient (Wildman–Crippen LogP) is 1.27. The molecule has 0 unspecified atom stereocenters. The molecular weight excluding hydrogens is 402 g/mol. The number of amides is 2. The number of aromatic nitrogens is 1. The van der Waals surface area contributed by atoms with Crippen LogP contribution in [-0.2, 0) is 22.6 Å². The Hall–Kier alpha value is -3.33. The molecule has 1 aliphatic carbocycles. The summed E-state index contributed by atoms with van der Waals surface area (Å²) in [4.78, 5) is 38.7. The van der Waals surface area contributed by atoms with Gasteiger partial charge in [0.05, 0.1) is 17.7 Å². The average molecular weight is 429 g/mol. The van der Waals surface area contributed by atoms with Crippen LogP contribution in [0.5, 0.6) is 5.75 Å². The van der Waals surface area contributed by atoms with E-state index in [0.29, 0.717) is 31.5 Å². The van der Waals surface area contributed by atoms with E-state index < -0.39 is 18.1 Å². The molecule has 9 heteroatoms. The molecule has 166 valence electrons. The summed E-state index contributed by atoms with van der Waals surface area (Å²) in [6.45, 7) is 2.18. The summed E-state index contributed by atoms with van der Waals surface area (Å²) >= 11 is 0. The number of nitrogens with one attached hydrogen (secondary N) is 2. The summed E-state index contributed by atoms with van der Waals surface area (Å²) in [5, 5.41) is 30.2. The second-order valence-corrected chi connectivity index (χ2v) is 7.90. The summed E-state index contributed by atoms with van der Waals surface area (Å²) in [6.07, 6.45) is 4.06.